The summed E-state index contributed by atoms with van der Waals surface area (Å²) in [4.78, 5) is 33.5. The van der Waals surface area contributed by atoms with Gasteiger partial charge in [0, 0.05) is 11.9 Å². The molecule has 2 N–H and O–H groups in total. The van der Waals surface area contributed by atoms with Crippen LogP contribution < -0.4 is 10.6 Å². The largest absolute Gasteiger partial charge is 0.455 e. The van der Waals surface area contributed by atoms with E-state index in [2.05, 4.69) is 15.4 Å². The Morgan fingerprint density at radius 2 is 1.95 bits per heavy atom. The number of rotatable bonds is 7. The summed E-state index contributed by atoms with van der Waals surface area (Å²) >= 11 is 0.757. The number of carbonyl (C=O) groups is 3. The number of thioether (sulfide) groups is 1. The van der Waals surface area contributed by atoms with Crippen molar-refractivity contribution in [3.63, 3.8) is 0 Å². The zero-order valence-corrected chi connectivity index (χ0v) is 12.5. The summed E-state index contributed by atoms with van der Waals surface area (Å²) in [6.07, 6.45) is 0. The van der Waals surface area contributed by atoms with Crippen molar-refractivity contribution in [3.05, 3.63) is 29.8 Å². The van der Waals surface area contributed by atoms with Crippen LogP contribution in [0.1, 0.15) is 0 Å². The molecule has 0 aliphatic rings. The average molecular weight is 332 g/mol. The molecule has 0 saturated heterocycles. The van der Waals surface area contributed by atoms with Gasteiger partial charge in [-0.05, 0) is 18.2 Å². The molecule has 0 unspecified atom stereocenters. The van der Waals surface area contributed by atoms with Gasteiger partial charge in [0.1, 0.15) is 11.6 Å². The van der Waals surface area contributed by atoms with Crippen LogP contribution in [0.15, 0.2) is 23.1 Å². The summed E-state index contributed by atoms with van der Waals surface area (Å²) < 4.78 is 30.9. The number of hydrogen-bond donors (Lipinski definition) is 2. The quantitative estimate of drug-likeness (QED) is 0.560. The minimum atomic E-state index is -0.760. The first kappa shape index (κ1) is 17.9. The lowest BCUT2D eigenvalue weighted by Gasteiger charge is -2.06. The summed E-state index contributed by atoms with van der Waals surface area (Å²) in [6.45, 7) is -0.780. The van der Waals surface area contributed by atoms with E-state index in [1.165, 1.54) is 7.05 Å². The molecule has 1 aromatic rings. The molecule has 120 valence electrons. The monoisotopic (exact) mass is 332 g/mol. The lowest BCUT2D eigenvalue weighted by Crippen LogP contribution is -2.37. The normalized spacial score (nSPS) is 9.95. The third kappa shape index (κ3) is 6.53. The summed E-state index contributed by atoms with van der Waals surface area (Å²) in [5.41, 5.74) is 0. The molecule has 0 aliphatic carbocycles. The van der Waals surface area contributed by atoms with Crippen molar-refractivity contribution in [2.45, 2.75) is 4.90 Å². The zero-order valence-electron chi connectivity index (χ0n) is 11.7. The molecule has 0 heterocycles. The van der Waals surface area contributed by atoms with Crippen molar-refractivity contribution in [1.29, 1.82) is 0 Å². The van der Waals surface area contributed by atoms with E-state index in [1.807, 2.05) is 0 Å². The van der Waals surface area contributed by atoms with Crippen LogP contribution in [0.5, 0.6) is 0 Å². The van der Waals surface area contributed by atoms with Crippen molar-refractivity contribution < 1.29 is 27.9 Å². The van der Waals surface area contributed by atoms with E-state index in [-0.39, 0.29) is 17.2 Å². The highest BCUT2D eigenvalue weighted by atomic mass is 32.2. The first-order valence-corrected chi connectivity index (χ1v) is 7.11. The first-order chi connectivity index (χ1) is 10.4. The van der Waals surface area contributed by atoms with Gasteiger partial charge < -0.3 is 15.4 Å². The van der Waals surface area contributed by atoms with E-state index in [9.17, 15) is 23.2 Å². The molecule has 1 aromatic carbocycles. The highest BCUT2D eigenvalue weighted by Gasteiger charge is 2.11. The van der Waals surface area contributed by atoms with Crippen molar-refractivity contribution in [1.82, 2.24) is 10.6 Å². The first-order valence-electron chi connectivity index (χ1n) is 6.13. The summed E-state index contributed by atoms with van der Waals surface area (Å²) in [7, 11) is 1.41. The predicted octanol–water partition coefficient (Wildman–Crippen LogP) is 0.462. The molecule has 0 radical (unpaired) electrons. The van der Waals surface area contributed by atoms with Gasteiger partial charge in [-0.15, -0.1) is 11.8 Å². The molecule has 6 nitrogen and oxygen atoms in total. The van der Waals surface area contributed by atoms with Gasteiger partial charge in [-0.1, -0.05) is 0 Å². The molecule has 0 aromatic heterocycles. The van der Waals surface area contributed by atoms with Crippen molar-refractivity contribution in [3.8, 4) is 0 Å². The number of esters is 1. The Bertz CT molecular complexity index is 569. The summed E-state index contributed by atoms with van der Waals surface area (Å²) in [5.74, 6) is -3.34. The van der Waals surface area contributed by atoms with Gasteiger partial charge in [-0.25, -0.2) is 8.78 Å². The van der Waals surface area contributed by atoms with Gasteiger partial charge in [0.05, 0.1) is 12.3 Å². The van der Waals surface area contributed by atoms with Gasteiger partial charge >= 0.3 is 5.97 Å². The number of nitrogens with one attached hydrogen (secondary N) is 2. The fourth-order valence-electron chi connectivity index (χ4n) is 1.23. The molecule has 0 spiro atoms. The molecule has 9 heteroatoms. The Balaban J connectivity index is 2.30. The van der Waals surface area contributed by atoms with Gasteiger partial charge in [0.25, 0.3) is 5.91 Å². The number of benzene rings is 1. The number of carbonyl (C=O) groups excluding carboxylic acids is 3. The SMILES string of the molecule is CNC(=O)CNC(=O)COC(=O)CSc1cc(F)ccc1F. The van der Waals surface area contributed by atoms with E-state index >= 15 is 0 Å². The molecule has 22 heavy (non-hydrogen) atoms. The van der Waals surface area contributed by atoms with E-state index in [1.54, 1.807) is 0 Å². The Hall–Kier alpha value is -2.16. The van der Waals surface area contributed by atoms with Crippen LogP contribution in [0.4, 0.5) is 8.78 Å². The predicted molar refractivity (Wildman–Crippen MR) is 75.1 cm³/mol. The van der Waals surface area contributed by atoms with Crippen LogP contribution in [-0.4, -0.2) is 43.7 Å². The van der Waals surface area contributed by atoms with Crippen molar-refractivity contribution in [2.75, 3.05) is 26.0 Å². The average Bonchev–Trinajstić information content (AvgIpc) is 2.51. The Kier molecular flexibility index (Phi) is 7.30. The number of hydrogen-bond acceptors (Lipinski definition) is 5. The third-order valence-corrected chi connectivity index (χ3v) is 3.33. The molecule has 2 amide bonds. The number of likely N-dealkylation sites (N-methyl/N-ethyl adjacent to an activating group) is 1. The van der Waals surface area contributed by atoms with Crippen LogP contribution in [0.2, 0.25) is 0 Å². The van der Waals surface area contributed by atoms with Gasteiger partial charge in [-0.2, -0.15) is 0 Å². The smallest absolute Gasteiger partial charge is 0.316 e. The van der Waals surface area contributed by atoms with Crippen molar-refractivity contribution in [2.24, 2.45) is 0 Å². The molecule has 1 rings (SSSR count). The molecular weight excluding hydrogens is 318 g/mol. The number of halogens is 2. The lowest BCUT2D eigenvalue weighted by molar-refractivity contribution is -0.146. The Morgan fingerprint density at radius 1 is 1.23 bits per heavy atom. The van der Waals surface area contributed by atoms with Crippen LogP contribution in [0.25, 0.3) is 0 Å². The highest BCUT2D eigenvalue weighted by Crippen LogP contribution is 2.22. The van der Waals surface area contributed by atoms with Crippen LogP contribution in [0, 0.1) is 11.6 Å². The van der Waals surface area contributed by atoms with E-state index < -0.39 is 36.0 Å². The molecule has 0 aliphatic heterocycles. The van der Waals surface area contributed by atoms with Crippen LogP contribution in [0.3, 0.4) is 0 Å². The second-order valence-electron chi connectivity index (χ2n) is 3.97. The standard InChI is InChI=1S/C13H14F2N2O4S/c1-16-11(18)5-17-12(19)6-21-13(20)7-22-10-4-8(14)2-3-9(10)15/h2-4H,5-7H2,1H3,(H,16,18)(H,17,19). The third-order valence-electron chi connectivity index (χ3n) is 2.33. The molecule has 0 fully saturated rings. The van der Waals surface area contributed by atoms with E-state index in [0.717, 1.165) is 30.0 Å². The molecule has 0 atom stereocenters. The number of ether oxygens (including phenoxy) is 1. The van der Waals surface area contributed by atoms with Gasteiger partial charge in [0.2, 0.25) is 5.91 Å². The highest BCUT2D eigenvalue weighted by molar-refractivity contribution is 8.00. The minimum Gasteiger partial charge on any atom is -0.455 e. The lowest BCUT2D eigenvalue weighted by atomic mass is 10.3. The number of amides is 2. The second kappa shape index (κ2) is 8.98. The zero-order chi connectivity index (χ0) is 16.5. The van der Waals surface area contributed by atoms with Crippen molar-refractivity contribution >= 4 is 29.5 Å². The van der Waals surface area contributed by atoms with E-state index in [0.29, 0.717) is 0 Å². The minimum absolute atomic E-state index is 0.0268. The molecular formula is C13H14F2N2O4S. The second-order valence-corrected chi connectivity index (χ2v) is 4.99. The topological polar surface area (TPSA) is 84.5 Å². The van der Waals surface area contributed by atoms with E-state index in [4.69, 9.17) is 0 Å². The maximum Gasteiger partial charge on any atom is 0.316 e. The fourth-order valence-corrected chi connectivity index (χ4v) is 1.99. The summed E-state index contributed by atoms with van der Waals surface area (Å²) in [6, 6.07) is 2.88. The maximum absolute atomic E-state index is 13.3. The Morgan fingerprint density at radius 3 is 2.64 bits per heavy atom. The van der Waals surface area contributed by atoms with Crippen LogP contribution >= 0.6 is 11.8 Å². The van der Waals surface area contributed by atoms with Gasteiger partial charge in [0.15, 0.2) is 6.61 Å². The summed E-state index contributed by atoms with van der Waals surface area (Å²) in [5, 5.41) is 4.54. The van der Waals surface area contributed by atoms with Gasteiger partial charge in [-0.3, -0.25) is 14.4 Å². The Labute approximate surface area is 129 Å². The fraction of sp³-hybridized carbons (Fsp3) is 0.308. The molecule has 0 bridgehead atoms. The molecule has 0 saturated carbocycles. The maximum atomic E-state index is 13.3. The van der Waals surface area contributed by atoms with Crippen LogP contribution in [-0.2, 0) is 19.1 Å².